The van der Waals surface area contributed by atoms with Crippen molar-refractivity contribution in [1.82, 2.24) is 4.98 Å². The van der Waals surface area contributed by atoms with Gasteiger partial charge >= 0.3 is 0 Å². The van der Waals surface area contributed by atoms with Gasteiger partial charge < -0.3 is 15.4 Å². The Morgan fingerprint density at radius 2 is 1.60 bits per heavy atom. The molecule has 0 aliphatic carbocycles. The number of aryl methyl sites for hydroxylation is 1. The molecule has 0 aliphatic heterocycles. The van der Waals surface area contributed by atoms with Crippen molar-refractivity contribution in [2.24, 2.45) is 0 Å². The van der Waals surface area contributed by atoms with E-state index >= 15 is 0 Å². The number of methoxy groups -OCH3 is 1. The van der Waals surface area contributed by atoms with Crippen LogP contribution in [-0.2, 0) is 0 Å². The second kappa shape index (κ2) is 7.49. The van der Waals surface area contributed by atoms with Crippen molar-refractivity contribution in [2.75, 3.05) is 17.7 Å². The number of benzene rings is 2. The molecular formula is C20H19N3O2. The highest BCUT2D eigenvalue weighted by molar-refractivity contribution is 6.04. The number of nitrogens with zero attached hydrogens (tertiary/aromatic N) is 1. The van der Waals surface area contributed by atoms with Crippen molar-refractivity contribution in [3.63, 3.8) is 0 Å². The van der Waals surface area contributed by atoms with Gasteiger partial charge in [-0.1, -0.05) is 17.7 Å². The molecule has 3 rings (SSSR count). The number of carbonyl (C=O) groups excluding carboxylic acids is 1. The molecule has 0 spiro atoms. The fourth-order valence-corrected chi connectivity index (χ4v) is 2.27. The number of aromatic nitrogens is 1. The van der Waals surface area contributed by atoms with Crippen LogP contribution in [0.4, 0.5) is 17.2 Å². The number of ether oxygens (including phenoxy) is 1. The summed E-state index contributed by atoms with van der Waals surface area (Å²) < 4.78 is 5.09. The van der Waals surface area contributed by atoms with Gasteiger partial charge in [0, 0.05) is 11.3 Å². The zero-order chi connectivity index (χ0) is 17.6. The Hall–Kier alpha value is -3.34. The fraction of sp³-hybridized carbons (Fsp3) is 0.100. The van der Waals surface area contributed by atoms with Gasteiger partial charge in [0.25, 0.3) is 5.91 Å². The second-order valence-corrected chi connectivity index (χ2v) is 5.61. The lowest BCUT2D eigenvalue weighted by atomic mass is 10.2. The summed E-state index contributed by atoms with van der Waals surface area (Å²) in [5.74, 6) is 1.24. The molecule has 2 aromatic carbocycles. The molecule has 0 saturated heterocycles. The first kappa shape index (κ1) is 16.5. The Balaban J connectivity index is 1.63. The molecular weight excluding hydrogens is 314 g/mol. The van der Waals surface area contributed by atoms with Gasteiger partial charge in [0.05, 0.1) is 19.0 Å². The largest absolute Gasteiger partial charge is 0.497 e. The first-order valence-corrected chi connectivity index (χ1v) is 7.89. The van der Waals surface area contributed by atoms with E-state index in [1.54, 1.807) is 37.6 Å². The Bertz CT molecular complexity index is 842. The number of carbonyl (C=O) groups is 1. The summed E-state index contributed by atoms with van der Waals surface area (Å²) in [5.41, 5.74) is 3.36. The molecule has 126 valence electrons. The predicted molar refractivity (Wildman–Crippen MR) is 99.6 cm³/mol. The molecule has 3 aromatic rings. The monoisotopic (exact) mass is 333 g/mol. The van der Waals surface area contributed by atoms with E-state index in [9.17, 15) is 4.79 Å². The van der Waals surface area contributed by atoms with Gasteiger partial charge in [-0.2, -0.15) is 0 Å². The highest BCUT2D eigenvalue weighted by Crippen LogP contribution is 2.18. The van der Waals surface area contributed by atoms with Crippen molar-refractivity contribution >= 4 is 23.1 Å². The standard InChI is InChI=1S/C20H19N3O2/c1-14-3-7-16(8-4-14)22-19-12-9-17(13-21-19)23-20(24)15-5-10-18(25-2)11-6-15/h3-13H,1-2H3,(H,21,22)(H,23,24). The minimum Gasteiger partial charge on any atom is -0.497 e. The van der Waals surface area contributed by atoms with Crippen LogP contribution in [0.5, 0.6) is 5.75 Å². The number of hydrogen-bond donors (Lipinski definition) is 2. The molecule has 1 heterocycles. The summed E-state index contributed by atoms with van der Waals surface area (Å²) in [6.45, 7) is 2.04. The molecule has 0 bridgehead atoms. The molecule has 0 unspecified atom stereocenters. The molecule has 2 N–H and O–H groups in total. The van der Waals surface area contributed by atoms with Crippen LogP contribution in [0.25, 0.3) is 0 Å². The van der Waals surface area contributed by atoms with Gasteiger partial charge in [0.15, 0.2) is 0 Å². The van der Waals surface area contributed by atoms with Gasteiger partial charge in [-0.3, -0.25) is 4.79 Å². The molecule has 25 heavy (non-hydrogen) atoms. The highest BCUT2D eigenvalue weighted by atomic mass is 16.5. The van der Waals surface area contributed by atoms with Crippen LogP contribution in [0.2, 0.25) is 0 Å². The van der Waals surface area contributed by atoms with Crippen LogP contribution in [0.1, 0.15) is 15.9 Å². The molecule has 5 heteroatoms. The Kier molecular flexibility index (Phi) is 4.95. The van der Waals surface area contributed by atoms with E-state index in [2.05, 4.69) is 15.6 Å². The van der Waals surface area contributed by atoms with Crippen LogP contribution >= 0.6 is 0 Å². The molecule has 0 saturated carbocycles. The Morgan fingerprint density at radius 3 is 2.20 bits per heavy atom. The first-order chi connectivity index (χ1) is 12.1. The van der Waals surface area contributed by atoms with E-state index in [1.807, 2.05) is 43.3 Å². The third kappa shape index (κ3) is 4.35. The molecule has 1 amide bonds. The number of amides is 1. The average Bonchev–Trinajstić information content (AvgIpc) is 2.65. The van der Waals surface area contributed by atoms with E-state index in [0.29, 0.717) is 22.8 Å². The van der Waals surface area contributed by atoms with Crippen LogP contribution in [-0.4, -0.2) is 18.0 Å². The summed E-state index contributed by atoms with van der Waals surface area (Å²) in [5, 5.41) is 6.04. The van der Waals surface area contributed by atoms with Gasteiger partial charge in [-0.15, -0.1) is 0 Å². The first-order valence-electron chi connectivity index (χ1n) is 7.89. The molecule has 1 aromatic heterocycles. The van der Waals surface area contributed by atoms with Gasteiger partial charge in [0.1, 0.15) is 11.6 Å². The van der Waals surface area contributed by atoms with Crippen molar-refractivity contribution in [1.29, 1.82) is 0 Å². The van der Waals surface area contributed by atoms with Gasteiger partial charge in [-0.25, -0.2) is 4.98 Å². The minimum absolute atomic E-state index is 0.191. The van der Waals surface area contributed by atoms with Crippen LogP contribution in [0.15, 0.2) is 66.9 Å². The van der Waals surface area contributed by atoms with E-state index in [1.165, 1.54) is 5.56 Å². The van der Waals surface area contributed by atoms with Crippen LogP contribution < -0.4 is 15.4 Å². The Morgan fingerprint density at radius 1 is 0.920 bits per heavy atom. The summed E-state index contributed by atoms with van der Waals surface area (Å²) in [7, 11) is 1.59. The molecule has 0 aliphatic rings. The van der Waals surface area contributed by atoms with Crippen molar-refractivity contribution in [3.8, 4) is 5.75 Å². The predicted octanol–water partition coefficient (Wildman–Crippen LogP) is 4.39. The second-order valence-electron chi connectivity index (χ2n) is 5.61. The maximum Gasteiger partial charge on any atom is 0.255 e. The summed E-state index contributed by atoms with van der Waals surface area (Å²) >= 11 is 0. The third-order valence-electron chi connectivity index (χ3n) is 3.70. The lowest BCUT2D eigenvalue weighted by Crippen LogP contribution is -2.12. The van der Waals surface area contributed by atoms with E-state index < -0.39 is 0 Å². The van der Waals surface area contributed by atoms with E-state index in [-0.39, 0.29) is 5.91 Å². The maximum absolute atomic E-state index is 12.2. The maximum atomic E-state index is 12.2. The zero-order valence-corrected chi connectivity index (χ0v) is 14.1. The molecule has 0 atom stereocenters. The normalized spacial score (nSPS) is 10.2. The molecule has 0 radical (unpaired) electrons. The zero-order valence-electron chi connectivity index (χ0n) is 14.1. The van der Waals surface area contributed by atoms with Crippen molar-refractivity contribution in [2.45, 2.75) is 6.92 Å². The summed E-state index contributed by atoms with van der Waals surface area (Å²) in [4.78, 5) is 16.6. The lowest BCUT2D eigenvalue weighted by molar-refractivity contribution is 0.102. The highest BCUT2D eigenvalue weighted by Gasteiger charge is 2.06. The van der Waals surface area contributed by atoms with Crippen molar-refractivity contribution in [3.05, 3.63) is 78.0 Å². The van der Waals surface area contributed by atoms with E-state index in [4.69, 9.17) is 4.74 Å². The minimum atomic E-state index is -0.191. The molecule has 0 fully saturated rings. The summed E-state index contributed by atoms with van der Waals surface area (Å²) in [6, 6.07) is 18.6. The number of hydrogen-bond acceptors (Lipinski definition) is 4. The fourth-order valence-electron chi connectivity index (χ4n) is 2.27. The number of pyridine rings is 1. The van der Waals surface area contributed by atoms with Gasteiger partial charge in [0.2, 0.25) is 0 Å². The average molecular weight is 333 g/mol. The molecule has 5 nitrogen and oxygen atoms in total. The number of anilines is 3. The lowest BCUT2D eigenvalue weighted by Gasteiger charge is -2.08. The topological polar surface area (TPSA) is 63.2 Å². The SMILES string of the molecule is COc1ccc(C(=O)Nc2ccc(Nc3ccc(C)cc3)nc2)cc1. The summed E-state index contributed by atoms with van der Waals surface area (Å²) in [6.07, 6.45) is 1.62. The van der Waals surface area contributed by atoms with Gasteiger partial charge in [-0.05, 0) is 55.5 Å². The van der Waals surface area contributed by atoms with Crippen molar-refractivity contribution < 1.29 is 9.53 Å². The third-order valence-corrected chi connectivity index (χ3v) is 3.70. The van der Waals surface area contributed by atoms with Crippen LogP contribution in [0.3, 0.4) is 0 Å². The number of nitrogens with one attached hydrogen (secondary N) is 2. The number of rotatable bonds is 5. The Labute approximate surface area is 146 Å². The van der Waals surface area contributed by atoms with E-state index in [0.717, 1.165) is 5.69 Å². The van der Waals surface area contributed by atoms with Crippen LogP contribution in [0, 0.1) is 6.92 Å². The smallest absolute Gasteiger partial charge is 0.255 e. The quantitative estimate of drug-likeness (QED) is 0.727.